The standard InChI is InChI=1S/C6H6BrIN2O2/c1-11-5-3(7)4(8)6(12-2)10-9-5/h1-2H3. The van der Waals surface area contributed by atoms with E-state index in [4.69, 9.17) is 9.47 Å². The molecule has 1 heterocycles. The lowest BCUT2D eigenvalue weighted by Gasteiger charge is -2.05. The predicted molar refractivity (Wildman–Crippen MR) is 55.6 cm³/mol. The van der Waals surface area contributed by atoms with Crippen LogP contribution in [0.15, 0.2) is 4.47 Å². The molecular formula is C6H6BrIN2O2. The van der Waals surface area contributed by atoms with Crippen molar-refractivity contribution < 1.29 is 9.47 Å². The monoisotopic (exact) mass is 344 g/mol. The van der Waals surface area contributed by atoms with Gasteiger partial charge in [-0.25, -0.2) is 0 Å². The van der Waals surface area contributed by atoms with Crippen LogP contribution >= 0.6 is 38.5 Å². The van der Waals surface area contributed by atoms with E-state index in [-0.39, 0.29) is 0 Å². The van der Waals surface area contributed by atoms with Crippen LogP contribution in [0.3, 0.4) is 0 Å². The summed E-state index contributed by atoms with van der Waals surface area (Å²) in [5.41, 5.74) is 0. The number of nitrogens with zero attached hydrogens (tertiary/aromatic N) is 2. The number of aromatic nitrogens is 2. The summed E-state index contributed by atoms with van der Waals surface area (Å²) in [5.74, 6) is 0.948. The minimum Gasteiger partial charge on any atom is -0.479 e. The maximum absolute atomic E-state index is 4.96. The Bertz CT molecular complexity index is 266. The molecule has 0 saturated carbocycles. The molecule has 0 spiro atoms. The van der Waals surface area contributed by atoms with Crippen molar-refractivity contribution in [2.24, 2.45) is 0 Å². The third-order valence-corrected chi connectivity index (χ3v) is 3.66. The van der Waals surface area contributed by atoms with E-state index in [1.54, 1.807) is 7.11 Å². The average Bonchev–Trinajstić information content (AvgIpc) is 2.10. The van der Waals surface area contributed by atoms with Crippen molar-refractivity contribution in [3.63, 3.8) is 0 Å². The smallest absolute Gasteiger partial charge is 0.249 e. The van der Waals surface area contributed by atoms with Crippen molar-refractivity contribution in [1.82, 2.24) is 10.2 Å². The molecule has 0 unspecified atom stereocenters. The summed E-state index contributed by atoms with van der Waals surface area (Å²) < 4.78 is 11.5. The van der Waals surface area contributed by atoms with Crippen molar-refractivity contribution in [2.45, 2.75) is 0 Å². The van der Waals surface area contributed by atoms with Crippen LogP contribution in [-0.4, -0.2) is 24.4 Å². The summed E-state index contributed by atoms with van der Waals surface area (Å²) in [6, 6.07) is 0. The van der Waals surface area contributed by atoms with Crippen LogP contribution in [0.4, 0.5) is 0 Å². The molecule has 12 heavy (non-hydrogen) atoms. The molecule has 0 atom stereocenters. The Morgan fingerprint density at radius 3 is 2.17 bits per heavy atom. The molecule has 0 fully saturated rings. The third-order valence-electron chi connectivity index (χ3n) is 1.19. The fourth-order valence-corrected chi connectivity index (χ4v) is 1.60. The molecule has 0 aliphatic carbocycles. The summed E-state index contributed by atoms with van der Waals surface area (Å²) >= 11 is 5.42. The molecule has 0 aromatic carbocycles. The molecule has 6 heteroatoms. The molecule has 0 amide bonds. The van der Waals surface area contributed by atoms with Crippen LogP contribution in [0.5, 0.6) is 11.8 Å². The number of hydrogen-bond donors (Lipinski definition) is 0. The second-order valence-electron chi connectivity index (χ2n) is 1.85. The summed E-state index contributed by atoms with van der Waals surface area (Å²) in [6.45, 7) is 0. The van der Waals surface area contributed by atoms with Gasteiger partial charge in [-0.05, 0) is 38.5 Å². The van der Waals surface area contributed by atoms with E-state index in [9.17, 15) is 0 Å². The Morgan fingerprint density at radius 1 is 1.17 bits per heavy atom. The number of methoxy groups -OCH3 is 2. The first-order chi connectivity index (χ1) is 5.70. The van der Waals surface area contributed by atoms with E-state index in [2.05, 4.69) is 48.7 Å². The molecule has 4 nitrogen and oxygen atoms in total. The van der Waals surface area contributed by atoms with Gasteiger partial charge in [0, 0.05) is 0 Å². The fraction of sp³-hybridized carbons (Fsp3) is 0.333. The van der Waals surface area contributed by atoms with Gasteiger partial charge >= 0.3 is 0 Å². The van der Waals surface area contributed by atoms with Crippen molar-refractivity contribution in [2.75, 3.05) is 14.2 Å². The minimum atomic E-state index is 0.459. The van der Waals surface area contributed by atoms with E-state index >= 15 is 0 Å². The fourth-order valence-electron chi connectivity index (χ4n) is 0.627. The molecular weight excluding hydrogens is 339 g/mol. The van der Waals surface area contributed by atoms with Crippen LogP contribution in [0.2, 0.25) is 0 Å². The van der Waals surface area contributed by atoms with Crippen molar-refractivity contribution in [3.8, 4) is 11.8 Å². The second-order valence-corrected chi connectivity index (χ2v) is 3.72. The maximum atomic E-state index is 4.96. The highest BCUT2D eigenvalue weighted by molar-refractivity contribution is 14.1. The first-order valence-corrected chi connectivity index (χ1v) is 4.87. The van der Waals surface area contributed by atoms with Gasteiger partial charge in [-0.2, -0.15) is 0 Å². The highest BCUT2D eigenvalue weighted by Gasteiger charge is 2.12. The van der Waals surface area contributed by atoms with Gasteiger partial charge in [0.2, 0.25) is 11.8 Å². The van der Waals surface area contributed by atoms with Gasteiger partial charge in [-0.1, -0.05) is 0 Å². The third kappa shape index (κ3) is 1.79. The Kier molecular flexibility index (Phi) is 3.51. The first-order valence-electron chi connectivity index (χ1n) is 3.00. The summed E-state index contributed by atoms with van der Waals surface area (Å²) in [5, 5.41) is 7.57. The quantitative estimate of drug-likeness (QED) is 0.768. The number of rotatable bonds is 2. The Labute approximate surface area is 91.9 Å². The molecule has 0 saturated heterocycles. The topological polar surface area (TPSA) is 44.2 Å². The van der Waals surface area contributed by atoms with Gasteiger partial charge in [0.25, 0.3) is 0 Å². The number of ether oxygens (including phenoxy) is 2. The normalized spacial score (nSPS) is 9.67. The molecule has 0 bridgehead atoms. The van der Waals surface area contributed by atoms with Gasteiger partial charge in [0.1, 0.15) is 4.47 Å². The Morgan fingerprint density at radius 2 is 1.67 bits per heavy atom. The van der Waals surface area contributed by atoms with E-state index in [0.29, 0.717) is 11.8 Å². The molecule has 66 valence electrons. The van der Waals surface area contributed by atoms with Gasteiger partial charge in [-0.15, -0.1) is 10.2 Å². The lowest BCUT2D eigenvalue weighted by atomic mass is 10.5. The van der Waals surface area contributed by atoms with Gasteiger partial charge in [-0.3, -0.25) is 0 Å². The molecule has 1 rings (SSSR count). The van der Waals surface area contributed by atoms with E-state index in [1.807, 2.05) is 0 Å². The molecule has 0 radical (unpaired) electrons. The molecule has 1 aromatic heterocycles. The van der Waals surface area contributed by atoms with E-state index in [0.717, 1.165) is 8.04 Å². The lowest BCUT2D eigenvalue weighted by Crippen LogP contribution is -1.98. The van der Waals surface area contributed by atoms with Crippen LogP contribution < -0.4 is 9.47 Å². The molecule has 0 aliphatic rings. The van der Waals surface area contributed by atoms with Gasteiger partial charge < -0.3 is 9.47 Å². The first kappa shape index (κ1) is 9.97. The zero-order valence-electron chi connectivity index (χ0n) is 6.47. The summed E-state index contributed by atoms with van der Waals surface area (Å²) in [6.07, 6.45) is 0. The predicted octanol–water partition coefficient (Wildman–Crippen LogP) is 1.86. The van der Waals surface area contributed by atoms with Crippen LogP contribution in [0, 0.1) is 3.57 Å². The largest absolute Gasteiger partial charge is 0.479 e. The van der Waals surface area contributed by atoms with E-state index in [1.165, 1.54) is 7.11 Å². The maximum Gasteiger partial charge on any atom is 0.249 e. The Balaban J connectivity index is 3.20. The summed E-state index contributed by atoms with van der Waals surface area (Å²) in [4.78, 5) is 0. The Hall–Kier alpha value is -0.110. The van der Waals surface area contributed by atoms with Gasteiger partial charge in [0.15, 0.2) is 0 Å². The molecule has 1 aromatic rings. The molecule has 0 aliphatic heterocycles. The van der Waals surface area contributed by atoms with Crippen molar-refractivity contribution >= 4 is 38.5 Å². The van der Waals surface area contributed by atoms with Gasteiger partial charge in [0.05, 0.1) is 17.8 Å². The van der Waals surface area contributed by atoms with Crippen LogP contribution in [0.25, 0.3) is 0 Å². The minimum absolute atomic E-state index is 0.459. The summed E-state index contributed by atoms with van der Waals surface area (Å²) in [7, 11) is 3.09. The second kappa shape index (κ2) is 4.22. The van der Waals surface area contributed by atoms with E-state index < -0.39 is 0 Å². The highest BCUT2D eigenvalue weighted by atomic mass is 127. The number of halogens is 2. The highest BCUT2D eigenvalue weighted by Crippen LogP contribution is 2.31. The SMILES string of the molecule is COc1nnc(OC)c(I)c1Br. The average molecular weight is 345 g/mol. The molecule has 0 N–H and O–H groups in total. The van der Waals surface area contributed by atoms with Crippen LogP contribution in [0.1, 0.15) is 0 Å². The van der Waals surface area contributed by atoms with Crippen molar-refractivity contribution in [3.05, 3.63) is 8.04 Å². The van der Waals surface area contributed by atoms with Crippen molar-refractivity contribution in [1.29, 1.82) is 0 Å². The van der Waals surface area contributed by atoms with Crippen LogP contribution in [-0.2, 0) is 0 Å². The zero-order chi connectivity index (χ0) is 9.14. The zero-order valence-corrected chi connectivity index (χ0v) is 10.2. The lowest BCUT2D eigenvalue weighted by molar-refractivity contribution is 0.362. The number of hydrogen-bond acceptors (Lipinski definition) is 4.